The number of carbonyl (C=O) groups is 1. The van der Waals surface area contributed by atoms with Crippen molar-refractivity contribution in [1.29, 1.82) is 10.8 Å². The highest BCUT2D eigenvalue weighted by Gasteiger charge is 2.32. The van der Waals surface area contributed by atoms with Crippen LogP contribution in [0.1, 0.15) is 24.5 Å². The summed E-state index contributed by atoms with van der Waals surface area (Å²) >= 11 is 6.13. The normalized spacial score (nSPS) is 18.2. The van der Waals surface area contributed by atoms with Crippen LogP contribution < -0.4 is 15.0 Å². The zero-order valence-corrected chi connectivity index (χ0v) is 21.3. The van der Waals surface area contributed by atoms with Gasteiger partial charge in [0.1, 0.15) is 23.5 Å². The highest BCUT2D eigenvalue weighted by molar-refractivity contribution is 6.31. The van der Waals surface area contributed by atoms with Gasteiger partial charge in [-0.3, -0.25) is 30.4 Å². The van der Waals surface area contributed by atoms with Crippen molar-refractivity contribution < 1.29 is 14.3 Å². The Hall–Kier alpha value is -3.27. The molecule has 0 bridgehead atoms. The molecule has 2 aromatic carbocycles. The maximum atomic E-state index is 12.9. The van der Waals surface area contributed by atoms with Crippen LogP contribution in [-0.2, 0) is 9.53 Å². The minimum Gasteiger partial charge on any atom is -0.497 e. The van der Waals surface area contributed by atoms with Crippen LogP contribution in [0.15, 0.2) is 47.5 Å². The molecule has 1 saturated heterocycles. The summed E-state index contributed by atoms with van der Waals surface area (Å²) in [6, 6.07) is 12.0. The van der Waals surface area contributed by atoms with E-state index in [-0.39, 0.29) is 24.0 Å². The Kier molecular flexibility index (Phi) is 8.35. The largest absolute Gasteiger partial charge is 0.497 e. The summed E-state index contributed by atoms with van der Waals surface area (Å²) in [5, 5.41) is 20.9. The topological polar surface area (TPSA) is 114 Å². The first-order valence-electron chi connectivity index (χ1n) is 11.9. The summed E-state index contributed by atoms with van der Waals surface area (Å²) in [5.74, 6) is 0.671. The highest BCUT2D eigenvalue weighted by Crippen LogP contribution is 2.33. The molecule has 2 aromatic rings. The lowest BCUT2D eigenvalue weighted by molar-refractivity contribution is -0.121. The molecule has 0 aliphatic carbocycles. The number of nitrogens with zero attached hydrogens (tertiary/aromatic N) is 3. The Morgan fingerprint density at radius 2 is 1.94 bits per heavy atom. The molecule has 1 atom stereocenters. The monoisotopic (exact) mass is 510 g/mol. The number of ether oxygens (including phenoxy) is 2. The number of hydrogen-bond donors (Lipinski definition) is 3. The zero-order chi connectivity index (χ0) is 25.7. The van der Waals surface area contributed by atoms with Crippen LogP contribution in [0.2, 0.25) is 5.02 Å². The maximum absolute atomic E-state index is 12.9. The van der Waals surface area contributed by atoms with Crippen molar-refractivity contribution in [3.8, 4) is 5.75 Å². The van der Waals surface area contributed by atoms with E-state index in [1.54, 1.807) is 32.2 Å². The average molecular weight is 511 g/mol. The molecule has 0 aromatic heterocycles. The summed E-state index contributed by atoms with van der Waals surface area (Å²) < 4.78 is 10.8. The molecule has 2 heterocycles. The lowest BCUT2D eigenvalue weighted by Crippen LogP contribution is -2.44. The number of methoxy groups -OCH3 is 1. The number of morpholine rings is 1. The van der Waals surface area contributed by atoms with E-state index in [9.17, 15) is 4.79 Å². The molecule has 1 amide bonds. The van der Waals surface area contributed by atoms with E-state index in [0.29, 0.717) is 47.5 Å². The summed E-state index contributed by atoms with van der Waals surface area (Å²) in [7, 11) is 1.59. The van der Waals surface area contributed by atoms with Gasteiger partial charge in [0.15, 0.2) is 0 Å². The van der Waals surface area contributed by atoms with Crippen molar-refractivity contribution in [2.24, 2.45) is 4.99 Å². The van der Waals surface area contributed by atoms with Gasteiger partial charge in [0.25, 0.3) is 0 Å². The molecular weight excluding hydrogens is 480 g/mol. The van der Waals surface area contributed by atoms with E-state index in [2.05, 4.69) is 10.2 Å². The molecule has 9 nitrogen and oxygen atoms in total. The van der Waals surface area contributed by atoms with E-state index in [4.69, 9.17) is 36.9 Å². The second kappa shape index (κ2) is 11.6. The molecule has 0 spiro atoms. The van der Waals surface area contributed by atoms with Crippen molar-refractivity contribution >= 4 is 40.6 Å². The number of amidine groups is 2. The van der Waals surface area contributed by atoms with Gasteiger partial charge in [-0.2, -0.15) is 0 Å². The maximum Gasteiger partial charge on any atom is 0.222 e. The second-order valence-electron chi connectivity index (χ2n) is 8.70. The average Bonchev–Trinajstić information content (AvgIpc) is 2.99. The summed E-state index contributed by atoms with van der Waals surface area (Å²) in [5.41, 5.74) is 2.75. The zero-order valence-electron chi connectivity index (χ0n) is 20.5. The Balaban J connectivity index is 1.64. The molecule has 190 valence electrons. The van der Waals surface area contributed by atoms with Crippen LogP contribution in [0.4, 0.5) is 5.69 Å². The summed E-state index contributed by atoms with van der Waals surface area (Å²) in [6.07, 6.45) is -0.00601. The van der Waals surface area contributed by atoms with Gasteiger partial charge in [-0.15, -0.1) is 0 Å². The van der Waals surface area contributed by atoms with Gasteiger partial charge in [0.2, 0.25) is 5.91 Å². The van der Waals surface area contributed by atoms with Gasteiger partial charge < -0.3 is 14.8 Å². The van der Waals surface area contributed by atoms with Gasteiger partial charge in [-0.05, 0) is 37.3 Å². The molecular formula is C26H31ClN6O3. The van der Waals surface area contributed by atoms with Crippen LogP contribution in [0, 0.1) is 10.8 Å². The number of carbonyl (C=O) groups excluding carboxylic acids is 1. The first-order valence-corrected chi connectivity index (χ1v) is 12.3. The summed E-state index contributed by atoms with van der Waals surface area (Å²) in [4.78, 5) is 21.6. The van der Waals surface area contributed by atoms with Crippen LogP contribution in [0.25, 0.3) is 0 Å². The van der Waals surface area contributed by atoms with E-state index < -0.39 is 6.04 Å². The first kappa shape index (κ1) is 25.8. The number of rotatable bonds is 7. The molecule has 4 rings (SSSR count). The Morgan fingerprint density at radius 1 is 1.22 bits per heavy atom. The fraction of sp³-hybridized carbons (Fsp3) is 0.385. The lowest BCUT2D eigenvalue weighted by atomic mass is 9.99. The van der Waals surface area contributed by atoms with Crippen molar-refractivity contribution in [2.75, 3.05) is 51.4 Å². The number of anilines is 1. The fourth-order valence-electron chi connectivity index (χ4n) is 4.36. The number of halogens is 1. The quantitative estimate of drug-likeness (QED) is 0.391. The third kappa shape index (κ3) is 5.92. The fourth-order valence-corrected chi connectivity index (χ4v) is 4.49. The molecule has 2 aliphatic rings. The smallest absolute Gasteiger partial charge is 0.222 e. The molecule has 0 saturated carbocycles. The lowest BCUT2D eigenvalue weighted by Gasteiger charge is -2.27. The van der Waals surface area contributed by atoms with E-state index in [1.165, 1.54) is 4.90 Å². The third-order valence-electron chi connectivity index (χ3n) is 6.23. The Morgan fingerprint density at radius 3 is 2.61 bits per heavy atom. The van der Waals surface area contributed by atoms with Crippen molar-refractivity contribution in [2.45, 2.75) is 19.4 Å². The summed E-state index contributed by atoms with van der Waals surface area (Å²) in [6.45, 7) is 6.00. The van der Waals surface area contributed by atoms with Crippen molar-refractivity contribution in [1.82, 2.24) is 10.2 Å². The van der Waals surface area contributed by atoms with Gasteiger partial charge in [0.05, 0.1) is 38.1 Å². The minimum absolute atomic E-state index is 0.00601. The molecule has 10 heteroatoms. The number of benzodiazepines with no additional fused rings is 1. The van der Waals surface area contributed by atoms with Crippen molar-refractivity contribution in [3.05, 3.63) is 58.6 Å². The Labute approximate surface area is 216 Å². The number of aliphatic imine (C=N–C) groups is 1. The van der Waals surface area contributed by atoms with E-state index in [1.807, 2.05) is 24.3 Å². The number of benzene rings is 2. The Bertz CT molecular complexity index is 1160. The second-order valence-corrected chi connectivity index (χ2v) is 9.13. The standard InChI is InChI=1S/C26H31ClN6O3/c1-17(28)33-23-8-7-20(35-2)15-21(23)25(18-3-5-19(27)6-4-18)31-22(26(33)29)16-24(34)30-9-10-32-11-13-36-14-12-32/h3-8,15,22,28-29H,9-14,16H2,1-2H3,(H,30,34). The number of amides is 1. The highest BCUT2D eigenvalue weighted by atomic mass is 35.5. The van der Waals surface area contributed by atoms with Crippen LogP contribution in [0.5, 0.6) is 5.75 Å². The SMILES string of the molecule is COc1ccc2c(c1)C(c1ccc(Cl)cc1)=NC(CC(=O)NCCN1CCOCC1)C(=N)N2C(C)=N. The molecule has 36 heavy (non-hydrogen) atoms. The molecule has 1 fully saturated rings. The van der Waals surface area contributed by atoms with Crippen molar-refractivity contribution in [3.63, 3.8) is 0 Å². The number of nitrogens with one attached hydrogen (secondary N) is 3. The molecule has 3 N–H and O–H groups in total. The molecule has 1 unspecified atom stereocenters. The number of hydrogen-bond acceptors (Lipinski definition) is 7. The van der Waals surface area contributed by atoms with Gasteiger partial charge in [-0.25, -0.2) is 0 Å². The third-order valence-corrected chi connectivity index (χ3v) is 6.48. The van der Waals surface area contributed by atoms with Crippen LogP contribution in [0.3, 0.4) is 0 Å². The van der Waals surface area contributed by atoms with Crippen LogP contribution >= 0.6 is 11.6 Å². The predicted molar refractivity (Wildman–Crippen MR) is 142 cm³/mol. The van der Waals surface area contributed by atoms with Gasteiger partial charge in [-0.1, -0.05) is 23.7 Å². The molecule has 0 radical (unpaired) electrons. The van der Waals surface area contributed by atoms with Gasteiger partial charge >= 0.3 is 0 Å². The van der Waals surface area contributed by atoms with E-state index >= 15 is 0 Å². The van der Waals surface area contributed by atoms with Crippen LogP contribution in [-0.4, -0.2) is 80.7 Å². The molecule has 2 aliphatic heterocycles. The first-order chi connectivity index (χ1) is 17.4. The predicted octanol–water partition coefficient (Wildman–Crippen LogP) is 3.19. The number of fused-ring (bicyclic) bond motifs is 1. The van der Waals surface area contributed by atoms with E-state index in [0.717, 1.165) is 25.2 Å². The minimum atomic E-state index is -0.780. The van der Waals surface area contributed by atoms with Gasteiger partial charge in [0, 0.05) is 42.3 Å².